The van der Waals surface area contributed by atoms with Crippen molar-refractivity contribution in [2.45, 2.75) is 57.9 Å². The molecule has 1 fully saturated rings. The first kappa shape index (κ1) is 17.9. The van der Waals surface area contributed by atoms with E-state index in [2.05, 4.69) is 22.5 Å². The standard InChI is InChI=1S/C20H26N2O2S/c1-14(2)18-11-10-17(19(23)21-18)20(24)22-12-4-3-6-15(22)8-9-16-7-5-13-25-16/h5,7,10-11,13-15H,3-4,6,8-9,12H2,1-2H3,(H,21,23). The Kier molecular flexibility index (Phi) is 5.74. The summed E-state index contributed by atoms with van der Waals surface area (Å²) in [5.41, 5.74) is 0.876. The van der Waals surface area contributed by atoms with Crippen LogP contribution in [0.5, 0.6) is 0 Å². The third kappa shape index (κ3) is 4.21. The fraction of sp³-hybridized carbons (Fsp3) is 0.500. The van der Waals surface area contributed by atoms with Crippen molar-refractivity contribution in [3.63, 3.8) is 0 Å². The molecule has 5 heteroatoms. The van der Waals surface area contributed by atoms with E-state index in [0.29, 0.717) is 0 Å². The number of amides is 1. The molecule has 3 rings (SSSR count). The molecule has 1 atom stereocenters. The lowest BCUT2D eigenvalue weighted by Crippen LogP contribution is -2.45. The van der Waals surface area contributed by atoms with Gasteiger partial charge in [0, 0.05) is 23.2 Å². The number of pyridine rings is 1. The topological polar surface area (TPSA) is 53.2 Å². The number of piperidine rings is 1. The van der Waals surface area contributed by atoms with E-state index >= 15 is 0 Å². The lowest BCUT2D eigenvalue weighted by molar-refractivity contribution is 0.0600. The molecule has 0 spiro atoms. The Labute approximate surface area is 152 Å². The first-order chi connectivity index (χ1) is 12.1. The number of hydrogen-bond donors (Lipinski definition) is 1. The molecule has 0 aromatic carbocycles. The molecule has 0 bridgehead atoms. The maximum atomic E-state index is 13.0. The number of hydrogen-bond acceptors (Lipinski definition) is 3. The number of nitrogens with one attached hydrogen (secondary N) is 1. The third-order valence-corrected chi connectivity index (χ3v) is 5.91. The first-order valence-corrected chi connectivity index (χ1v) is 10.0. The van der Waals surface area contributed by atoms with E-state index in [9.17, 15) is 9.59 Å². The molecule has 134 valence electrons. The quantitative estimate of drug-likeness (QED) is 0.871. The first-order valence-electron chi connectivity index (χ1n) is 9.13. The fourth-order valence-electron chi connectivity index (χ4n) is 3.48. The summed E-state index contributed by atoms with van der Waals surface area (Å²) in [4.78, 5) is 31.5. The number of carbonyl (C=O) groups is 1. The molecule has 1 aliphatic rings. The van der Waals surface area contributed by atoms with Gasteiger partial charge >= 0.3 is 0 Å². The Balaban J connectivity index is 1.75. The van der Waals surface area contributed by atoms with Crippen molar-refractivity contribution in [3.05, 3.63) is 56.1 Å². The maximum absolute atomic E-state index is 13.0. The molecule has 2 aromatic heterocycles. The zero-order chi connectivity index (χ0) is 17.8. The highest BCUT2D eigenvalue weighted by molar-refractivity contribution is 7.09. The zero-order valence-corrected chi connectivity index (χ0v) is 15.8. The Bertz CT molecular complexity index is 764. The van der Waals surface area contributed by atoms with Crippen LogP contribution in [-0.4, -0.2) is 28.4 Å². The van der Waals surface area contributed by atoms with Crippen LogP contribution < -0.4 is 5.56 Å². The van der Waals surface area contributed by atoms with Gasteiger partial charge in [0.25, 0.3) is 11.5 Å². The van der Waals surface area contributed by atoms with Crippen LogP contribution in [0.2, 0.25) is 0 Å². The van der Waals surface area contributed by atoms with Crippen LogP contribution in [0.1, 0.15) is 66.4 Å². The van der Waals surface area contributed by atoms with Crippen LogP contribution >= 0.6 is 11.3 Å². The van der Waals surface area contributed by atoms with E-state index in [1.807, 2.05) is 24.8 Å². The van der Waals surface area contributed by atoms with E-state index in [-0.39, 0.29) is 29.0 Å². The second-order valence-corrected chi connectivity index (χ2v) is 8.11. The van der Waals surface area contributed by atoms with Gasteiger partial charge in [-0.3, -0.25) is 9.59 Å². The predicted molar refractivity (Wildman–Crippen MR) is 102 cm³/mol. The minimum Gasteiger partial charge on any atom is -0.335 e. The van der Waals surface area contributed by atoms with Crippen molar-refractivity contribution < 1.29 is 4.79 Å². The van der Waals surface area contributed by atoms with Gasteiger partial charge in [0.2, 0.25) is 0 Å². The molecule has 2 aromatic rings. The average molecular weight is 359 g/mol. The largest absolute Gasteiger partial charge is 0.335 e. The summed E-state index contributed by atoms with van der Waals surface area (Å²) in [7, 11) is 0. The van der Waals surface area contributed by atoms with Gasteiger partial charge in [-0.05, 0) is 61.6 Å². The molecule has 1 N–H and O–H groups in total. The highest BCUT2D eigenvalue weighted by atomic mass is 32.1. The second kappa shape index (κ2) is 8.00. The summed E-state index contributed by atoms with van der Waals surface area (Å²) in [6.07, 6.45) is 5.16. The fourth-order valence-corrected chi connectivity index (χ4v) is 4.21. The molecular weight excluding hydrogens is 332 g/mol. The smallest absolute Gasteiger partial charge is 0.261 e. The highest BCUT2D eigenvalue weighted by Gasteiger charge is 2.28. The van der Waals surface area contributed by atoms with Crippen LogP contribution in [0.15, 0.2) is 34.4 Å². The van der Waals surface area contributed by atoms with E-state index in [1.54, 1.807) is 17.4 Å². The Morgan fingerprint density at radius 1 is 1.32 bits per heavy atom. The lowest BCUT2D eigenvalue weighted by atomic mass is 9.96. The molecule has 0 saturated carbocycles. The highest BCUT2D eigenvalue weighted by Crippen LogP contribution is 2.24. The number of aromatic amines is 1. The van der Waals surface area contributed by atoms with Crippen LogP contribution in [0.4, 0.5) is 0 Å². The molecular formula is C20H26N2O2S. The van der Waals surface area contributed by atoms with Crippen molar-refractivity contribution in [2.24, 2.45) is 0 Å². The van der Waals surface area contributed by atoms with Crippen LogP contribution in [-0.2, 0) is 6.42 Å². The Hall–Kier alpha value is -1.88. The molecule has 4 nitrogen and oxygen atoms in total. The Morgan fingerprint density at radius 3 is 2.84 bits per heavy atom. The molecule has 1 amide bonds. The van der Waals surface area contributed by atoms with Crippen molar-refractivity contribution in [1.29, 1.82) is 0 Å². The van der Waals surface area contributed by atoms with E-state index in [1.165, 1.54) is 4.88 Å². The van der Waals surface area contributed by atoms with E-state index < -0.39 is 0 Å². The molecule has 0 radical (unpaired) electrons. The summed E-state index contributed by atoms with van der Waals surface area (Å²) < 4.78 is 0. The van der Waals surface area contributed by atoms with Crippen LogP contribution in [0.25, 0.3) is 0 Å². The van der Waals surface area contributed by atoms with Gasteiger partial charge in [-0.15, -0.1) is 11.3 Å². The normalized spacial score (nSPS) is 17.9. The maximum Gasteiger partial charge on any atom is 0.261 e. The zero-order valence-electron chi connectivity index (χ0n) is 15.0. The minimum atomic E-state index is -0.265. The third-order valence-electron chi connectivity index (χ3n) is 4.98. The van der Waals surface area contributed by atoms with Gasteiger partial charge in [-0.2, -0.15) is 0 Å². The van der Waals surface area contributed by atoms with Gasteiger partial charge < -0.3 is 9.88 Å². The number of nitrogens with zero attached hydrogens (tertiary/aromatic N) is 1. The van der Waals surface area contributed by atoms with Gasteiger partial charge in [-0.1, -0.05) is 19.9 Å². The number of thiophene rings is 1. The van der Waals surface area contributed by atoms with Crippen molar-refractivity contribution >= 4 is 17.2 Å². The molecule has 1 unspecified atom stereocenters. The molecule has 0 aliphatic carbocycles. The van der Waals surface area contributed by atoms with Crippen molar-refractivity contribution in [3.8, 4) is 0 Å². The number of rotatable bonds is 5. The lowest BCUT2D eigenvalue weighted by Gasteiger charge is -2.35. The number of aryl methyl sites for hydroxylation is 1. The van der Waals surface area contributed by atoms with Crippen molar-refractivity contribution in [1.82, 2.24) is 9.88 Å². The summed E-state index contributed by atoms with van der Waals surface area (Å²) in [6.45, 7) is 4.80. The second-order valence-electron chi connectivity index (χ2n) is 7.08. The Morgan fingerprint density at radius 2 is 2.16 bits per heavy atom. The van der Waals surface area contributed by atoms with Gasteiger partial charge in [0.15, 0.2) is 0 Å². The number of likely N-dealkylation sites (tertiary alicyclic amines) is 1. The minimum absolute atomic E-state index is 0.118. The molecule has 3 heterocycles. The summed E-state index contributed by atoms with van der Waals surface area (Å²) in [5, 5.41) is 2.09. The molecule has 1 saturated heterocycles. The average Bonchev–Trinajstić information content (AvgIpc) is 3.13. The van der Waals surface area contributed by atoms with E-state index in [0.717, 1.165) is 44.3 Å². The number of H-pyrrole nitrogens is 1. The van der Waals surface area contributed by atoms with Gasteiger partial charge in [-0.25, -0.2) is 0 Å². The van der Waals surface area contributed by atoms with Crippen LogP contribution in [0.3, 0.4) is 0 Å². The predicted octanol–water partition coefficient (Wildman–Crippen LogP) is 4.19. The number of aromatic nitrogens is 1. The van der Waals surface area contributed by atoms with E-state index in [4.69, 9.17) is 0 Å². The molecule has 25 heavy (non-hydrogen) atoms. The summed E-state index contributed by atoms with van der Waals surface area (Å²) in [6, 6.07) is 8.01. The van der Waals surface area contributed by atoms with Gasteiger partial charge in [0.1, 0.15) is 5.56 Å². The molecule has 1 aliphatic heterocycles. The van der Waals surface area contributed by atoms with Crippen LogP contribution in [0, 0.1) is 0 Å². The number of carbonyl (C=O) groups excluding carboxylic acids is 1. The van der Waals surface area contributed by atoms with Gasteiger partial charge in [0.05, 0.1) is 0 Å². The summed E-state index contributed by atoms with van der Waals surface area (Å²) in [5.74, 6) is 0.123. The SMILES string of the molecule is CC(C)c1ccc(C(=O)N2CCCCC2CCc2cccs2)c(=O)[nH]1. The monoisotopic (exact) mass is 358 g/mol. The summed E-state index contributed by atoms with van der Waals surface area (Å²) >= 11 is 1.77. The van der Waals surface area contributed by atoms with Crippen molar-refractivity contribution in [2.75, 3.05) is 6.54 Å².